The van der Waals surface area contributed by atoms with Crippen molar-refractivity contribution in [1.82, 2.24) is 4.72 Å². The van der Waals surface area contributed by atoms with E-state index in [1.54, 1.807) is 24.3 Å². The van der Waals surface area contributed by atoms with Gasteiger partial charge in [0.05, 0.1) is 5.75 Å². The molecule has 1 aromatic carbocycles. The number of aliphatic hydroxyl groups is 1. The molecule has 0 radical (unpaired) electrons. The molecule has 0 bridgehead atoms. The summed E-state index contributed by atoms with van der Waals surface area (Å²) in [4.78, 5) is 0. The van der Waals surface area contributed by atoms with Gasteiger partial charge in [-0.1, -0.05) is 41.4 Å². The minimum absolute atomic E-state index is 0.00611. The fraction of sp³-hybridized carbons (Fsp3) is 0.385. The molecule has 7 heteroatoms. The number of rotatable bonds is 5. The van der Waals surface area contributed by atoms with Crippen LogP contribution in [0, 0.1) is 5.92 Å². The zero-order valence-corrected chi connectivity index (χ0v) is 12.9. The van der Waals surface area contributed by atoms with E-state index in [0.29, 0.717) is 22.0 Å². The summed E-state index contributed by atoms with van der Waals surface area (Å²) in [7, 11) is -3.55. The number of nitrogens with one attached hydrogen (secondary N) is 1. The summed E-state index contributed by atoms with van der Waals surface area (Å²) in [6.45, 7) is 0.0189. The quantitative estimate of drug-likeness (QED) is 0.811. The lowest BCUT2D eigenvalue weighted by molar-refractivity contribution is 0.248. The first-order valence-corrected chi connectivity index (χ1v) is 8.54. The van der Waals surface area contributed by atoms with Crippen LogP contribution in [0.25, 0.3) is 0 Å². The first-order chi connectivity index (χ1) is 9.41. The van der Waals surface area contributed by atoms with Crippen molar-refractivity contribution in [3.05, 3.63) is 46.0 Å². The van der Waals surface area contributed by atoms with Crippen LogP contribution in [0.4, 0.5) is 0 Å². The van der Waals surface area contributed by atoms with Crippen molar-refractivity contribution in [2.45, 2.75) is 18.2 Å². The Bertz CT molecular complexity index is 596. The van der Waals surface area contributed by atoms with E-state index in [2.05, 4.69) is 4.72 Å². The Morgan fingerprint density at radius 3 is 2.45 bits per heavy atom. The maximum absolute atomic E-state index is 12.1. The largest absolute Gasteiger partial charge is 0.396 e. The molecule has 0 heterocycles. The van der Waals surface area contributed by atoms with Crippen LogP contribution in [0.15, 0.2) is 30.4 Å². The minimum Gasteiger partial charge on any atom is -0.396 e. The lowest BCUT2D eigenvalue weighted by Gasteiger charge is -2.14. The fourth-order valence-corrected chi connectivity index (χ4v) is 4.23. The van der Waals surface area contributed by atoms with Crippen LogP contribution in [-0.4, -0.2) is 26.2 Å². The second-order valence-electron chi connectivity index (χ2n) is 4.75. The van der Waals surface area contributed by atoms with Gasteiger partial charge in [0.2, 0.25) is 10.0 Å². The van der Waals surface area contributed by atoms with Crippen LogP contribution >= 0.6 is 23.2 Å². The predicted octanol–water partition coefficient (Wildman–Crippen LogP) is 2.35. The van der Waals surface area contributed by atoms with E-state index in [9.17, 15) is 8.42 Å². The van der Waals surface area contributed by atoms with E-state index in [4.69, 9.17) is 28.3 Å². The molecule has 2 rings (SSSR count). The molecule has 20 heavy (non-hydrogen) atoms. The third-order valence-corrected chi connectivity index (χ3v) is 5.17. The van der Waals surface area contributed by atoms with E-state index in [0.717, 1.165) is 0 Å². The standard InChI is InChI=1S/C13H15Cl2NO3S/c14-12-2-1-3-13(15)11(12)8-20(18,19)16-10-5-4-9(6-10)7-17/h1-5,9-10,16-17H,6-8H2/t9-,10+/m0/s1. The van der Waals surface area contributed by atoms with Crippen LogP contribution in [0.3, 0.4) is 0 Å². The Morgan fingerprint density at radius 1 is 1.25 bits per heavy atom. The number of sulfonamides is 1. The van der Waals surface area contributed by atoms with Crippen molar-refractivity contribution in [3.63, 3.8) is 0 Å². The van der Waals surface area contributed by atoms with Gasteiger partial charge in [-0.05, 0) is 18.6 Å². The molecule has 2 atom stereocenters. The third-order valence-electron chi connectivity index (χ3n) is 3.13. The molecule has 0 aromatic heterocycles. The van der Waals surface area contributed by atoms with E-state index < -0.39 is 10.0 Å². The topological polar surface area (TPSA) is 66.4 Å². The van der Waals surface area contributed by atoms with E-state index in [-0.39, 0.29) is 24.3 Å². The van der Waals surface area contributed by atoms with Crippen molar-refractivity contribution in [1.29, 1.82) is 0 Å². The highest BCUT2D eigenvalue weighted by Crippen LogP contribution is 2.26. The van der Waals surface area contributed by atoms with Gasteiger partial charge in [0.15, 0.2) is 0 Å². The smallest absolute Gasteiger partial charge is 0.216 e. The SMILES string of the molecule is O=S(=O)(Cc1c(Cl)cccc1Cl)N[C@@H]1C=C[C@H](CO)C1. The number of hydrogen-bond acceptors (Lipinski definition) is 3. The van der Waals surface area contributed by atoms with Gasteiger partial charge >= 0.3 is 0 Å². The summed E-state index contributed by atoms with van der Waals surface area (Å²) >= 11 is 11.9. The van der Waals surface area contributed by atoms with Crippen LogP contribution < -0.4 is 4.72 Å². The summed E-state index contributed by atoms with van der Waals surface area (Å²) in [5.41, 5.74) is 0.393. The summed E-state index contributed by atoms with van der Waals surface area (Å²) in [5, 5.41) is 9.69. The van der Waals surface area contributed by atoms with Gasteiger partial charge in [0.25, 0.3) is 0 Å². The maximum atomic E-state index is 12.1. The van der Waals surface area contributed by atoms with Crippen LogP contribution in [0.1, 0.15) is 12.0 Å². The van der Waals surface area contributed by atoms with Crippen LogP contribution in [-0.2, 0) is 15.8 Å². The molecular weight excluding hydrogens is 321 g/mol. The van der Waals surface area contributed by atoms with Gasteiger partial charge in [0, 0.05) is 34.2 Å². The summed E-state index contributed by atoms with van der Waals surface area (Å²) in [6, 6.07) is 4.59. The summed E-state index contributed by atoms with van der Waals surface area (Å²) in [5.74, 6) is -0.258. The molecular formula is C13H15Cl2NO3S. The van der Waals surface area contributed by atoms with Gasteiger partial charge in [-0.15, -0.1) is 0 Å². The van der Waals surface area contributed by atoms with Crippen LogP contribution in [0.5, 0.6) is 0 Å². The molecule has 0 aliphatic heterocycles. The summed E-state index contributed by atoms with van der Waals surface area (Å²) in [6.07, 6.45) is 4.13. The first kappa shape index (κ1) is 15.8. The highest BCUT2D eigenvalue weighted by Gasteiger charge is 2.24. The molecule has 1 aliphatic rings. The Labute approximate surface area is 128 Å². The zero-order chi connectivity index (χ0) is 14.8. The number of halogens is 2. The van der Waals surface area contributed by atoms with Gasteiger partial charge < -0.3 is 5.11 Å². The van der Waals surface area contributed by atoms with Gasteiger partial charge in [-0.3, -0.25) is 0 Å². The minimum atomic E-state index is -3.55. The third kappa shape index (κ3) is 3.96. The number of aliphatic hydroxyl groups excluding tert-OH is 1. The Kier molecular flexibility index (Phi) is 5.09. The maximum Gasteiger partial charge on any atom is 0.216 e. The van der Waals surface area contributed by atoms with Crippen molar-refractivity contribution in [2.75, 3.05) is 6.61 Å². The van der Waals surface area contributed by atoms with E-state index in [1.165, 1.54) is 0 Å². The lowest BCUT2D eigenvalue weighted by atomic mass is 10.1. The second-order valence-corrected chi connectivity index (χ2v) is 7.32. The predicted molar refractivity (Wildman–Crippen MR) is 80.3 cm³/mol. The van der Waals surface area contributed by atoms with E-state index in [1.807, 2.05) is 6.08 Å². The van der Waals surface area contributed by atoms with Gasteiger partial charge in [-0.2, -0.15) is 0 Å². The van der Waals surface area contributed by atoms with Crippen molar-refractivity contribution < 1.29 is 13.5 Å². The molecule has 0 spiro atoms. The lowest BCUT2D eigenvalue weighted by Crippen LogP contribution is -2.34. The molecule has 0 saturated heterocycles. The van der Waals surface area contributed by atoms with Crippen LogP contribution in [0.2, 0.25) is 10.0 Å². The van der Waals surface area contributed by atoms with Crippen molar-refractivity contribution in [3.8, 4) is 0 Å². The molecule has 110 valence electrons. The molecule has 0 amide bonds. The molecule has 0 unspecified atom stereocenters. The first-order valence-electron chi connectivity index (χ1n) is 6.13. The van der Waals surface area contributed by atoms with Crippen molar-refractivity contribution >= 4 is 33.2 Å². The zero-order valence-electron chi connectivity index (χ0n) is 10.6. The molecule has 0 fully saturated rings. The Balaban J connectivity index is 2.07. The average Bonchev–Trinajstić information content (AvgIpc) is 2.81. The fourth-order valence-electron chi connectivity index (χ4n) is 2.13. The Morgan fingerprint density at radius 2 is 1.90 bits per heavy atom. The molecule has 0 saturated carbocycles. The highest BCUT2D eigenvalue weighted by atomic mass is 35.5. The normalized spacial score (nSPS) is 22.4. The van der Waals surface area contributed by atoms with E-state index >= 15 is 0 Å². The van der Waals surface area contributed by atoms with Gasteiger partial charge in [-0.25, -0.2) is 13.1 Å². The van der Waals surface area contributed by atoms with Gasteiger partial charge in [0.1, 0.15) is 0 Å². The average molecular weight is 336 g/mol. The molecule has 2 N–H and O–H groups in total. The Hall–Kier alpha value is -0.590. The molecule has 4 nitrogen and oxygen atoms in total. The number of hydrogen-bond donors (Lipinski definition) is 2. The molecule has 1 aliphatic carbocycles. The number of benzene rings is 1. The highest BCUT2D eigenvalue weighted by molar-refractivity contribution is 7.88. The molecule has 1 aromatic rings. The van der Waals surface area contributed by atoms with Crippen molar-refractivity contribution in [2.24, 2.45) is 5.92 Å². The second kappa shape index (κ2) is 6.45. The summed E-state index contributed by atoms with van der Waals surface area (Å²) < 4.78 is 26.8. The monoisotopic (exact) mass is 335 g/mol.